The first-order chi connectivity index (χ1) is 13.2. The van der Waals surface area contributed by atoms with Gasteiger partial charge in [0.05, 0.1) is 7.11 Å². The molecule has 0 amide bonds. The summed E-state index contributed by atoms with van der Waals surface area (Å²) in [6, 6.07) is 0. The molecule has 0 aliphatic heterocycles. The summed E-state index contributed by atoms with van der Waals surface area (Å²) in [6.45, 7) is 0. The Balaban J connectivity index is 1.13. The molecule has 8 rings (SSSR count). The Morgan fingerprint density at radius 3 is 2.00 bits per heavy atom. The molecule has 0 radical (unpaired) electrons. The average molecular weight is 365 g/mol. The zero-order chi connectivity index (χ0) is 17.6. The van der Waals surface area contributed by atoms with E-state index in [9.17, 15) is 4.79 Å². The van der Waals surface area contributed by atoms with Gasteiger partial charge in [0.25, 0.3) is 0 Å². The minimum Gasteiger partial charge on any atom is -0.469 e. The Morgan fingerprint density at radius 1 is 0.741 bits per heavy atom. The van der Waals surface area contributed by atoms with Crippen LogP contribution in [0, 0.1) is 88.8 Å². The summed E-state index contributed by atoms with van der Waals surface area (Å²) in [4.78, 5) is 12.0. The largest absolute Gasteiger partial charge is 0.469 e. The lowest BCUT2D eigenvalue weighted by Crippen LogP contribution is -2.47. The smallest absolute Gasteiger partial charge is 0.305 e. The maximum atomic E-state index is 12.0. The zero-order valence-electron chi connectivity index (χ0n) is 16.4. The van der Waals surface area contributed by atoms with Crippen molar-refractivity contribution in [2.24, 2.45) is 88.8 Å². The van der Waals surface area contributed by atoms with Crippen LogP contribution in [0.3, 0.4) is 0 Å². The van der Waals surface area contributed by atoms with Crippen LogP contribution in [0.15, 0.2) is 12.2 Å². The van der Waals surface area contributed by atoms with Crippen LogP contribution in [0.25, 0.3) is 0 Å². The number of allylic oxidation sites excluding steroid dienone is 2. The topological polar surface area (TPSA) is 26.3 Å². The first-order valence-electron chi connectivity index (χ1n) is 12.0. The third-order valence-corrected chi connectivity index (χ3v) is 12.0. The van der Waals surface area contributed by atoms with Crippen molar-refractivity contribution in [3.05, 3.63) is 12.2 Å². The van der Waals surface area contributed by atoms with Gasteiger partial charge < -0.3 is 4.74 Å². The predicted octanol–water partition coefficient (Wildman–Crippen LogP) is 4.41. The molecule has 8 bridgehead atoms. The average Bonchev–Trinajstić information content (AvgIpc) is 3.49. The van der Waals surface area contributed by atoms with Crippen LogP contribution < -0.4 is 0 Å². The fourth-order valence-electron chi connectivity index (χ4n) is 12.2. The standard InChI is InChI=1S/C25H32O2/c1-27-19(26)7-12-5-13-6-14(12)23-18-9-17(22(13)23)24-15-8-16(25(18)24)21-11-3-2-10(4-11)20(15)21/h2-3,10-18,20-25H,4-9H2,1H3. The monoisotopic (exact) mass is 364 g/mol. The fourth-order valence-corrected chi connectivity index (χ4v) is 12.2. The highest BCUT2D eigenvalue weighted by molar-refractivity contribution is 5.69. The lowest BCUT2D eigenvalue weighted by atomic mass is 9.54. The molecule has 15 atom stereocenters. The lowest BCUT2D eigenvalue weighted by molar-refractivity contribution is -0.142. The van der Waals surface area contributed by atoms with E-state index in [1.165, 1.54) is 19.3 Å². The van der Waals surface area contributed by atoms with Gasteiger partial charge in [-0.2, -0.15) is 0 Å². The van der Waals surface area contributed by atoms with Gasteiger partial charge in [-0.3, -0.25) is 4.79 Å². The van der Waals surface area contributed by atoms with Crippen molar-refractivity contribution in [3.8, 4) is 0 Å². The van der Waals surface area contributed by atoms with E-state index in [4.69, 9.17) is 4.74 Å². The van der Waals surface area contributed by atoms with E-state index in [-0.39, 0.29) is 5.97 Å². The summed E-state index contributed by atoms with van der Waals surface area (Å²) < 4.78 is 5.03. The second-order valence-corrected chi connectivity index (χ2v) is 12.0. The molecule has 7 fully saturated rings. The molecule has 15 unspecified atom stereocenters. The maximum absolute atomic E-state index is 12.0. The molecular formula is C25H32O2. The van der Waals surface area contributed by atoms with E-state index in [0.29, 0.717) is 12.3 Å². The van der Waals surface area contributed by atoms with Crippen LogP contribution in [0.5, 0.6) is 0 Å². The van der Waals surface area contributed by atoms with Crippen molar-refractivity contribution >= 4 is 5.97 Å². The molecule has 0 heterocycles. The van der Waals surface area contributed by atoms with Crippen LogP contribution in [-0.4, -0.2) is 13.1 Å². The van der Waals surface area contributed by atoms with Crippen molar-refractivity contribution in [2.45, 2.75) is 38.5 Å². The first-order valence-corrected chi connectivity index (χ1v) is 12.0. The molecule has 0 spiro atoms. The number of fused-ring (bicyclic) bond motifs is 23. The van der Waals surface area contributed by atoms with E-state index in [0.717, 1.165) is 82.9 Å². The van der Waals surface area contributed by atoms with Crippen LogP contribution in [0.4, 0.5) is 0 Å². The molecule has 0 N–H and O–H groups in total. The Labute approximate surface area is 162 Å². The fraction of sp³-hybridized carbons (Fsp3) is 0.880. The van der Waals surface area contributed by atoms with Gasteiger partial charge in [-0.1, -0.05) is 12.2 Å². The molecule has 0 saturated heterocycles. The summed E-state index contributed by atoms with van der Waals surface area (Å²) in [7, 11) is 1.57. The number of carbonyl (C=O) groups is 1. The Morgan fingerprint density at radius 2 is 1.33 bits per heavy atom. The van der Waals surface area contributed by atoms with Crippen LogP contribution in [0.1, 0.15) is 38.5 Å². The SMILES string of the molecule is COC(=O)CC1CC2CC1C1C3CC(C21)C1C2CC(C4C5C=CC(C5)C24)C31. The number of methoxy groups -OCH3 is 1. The van der Waals surface area contributed by atoms with Crippen molar-refractivity contribution in [1.82, 2.24) is 0 Å². The molecule has 8 aliphatic rings. The van der Waals surface area contributed by atoms with Gasteiger partial charge in [-0.25, -0.2) is 0 Å². The maximum Gasteiger partial charge on any atom is 0.305 e. The molecule has 2 nitrogen and oxygen atoms in total. The lowest BCUT2D eigenvalue weighted by Gasteiger charge is -2.50. The van der Waals surface area contributed by atoms with E-state index in [2.05, 4.69) is 12.2 Å². The van der Waals surface area contributed by atoms with Gasteiger partial charge in [0.1, 0.15) is 0 Å². The molecule has 2 heteroatoms. The van der Waals surface area contributed by atoms with Crippen molar-refractivity contribution in [1.29, 1.82) is 0 Å². The van der Waals surface area contributed by atoms with Gasteiger partial charge in [0, 0.05) is 6.42 Å². The molecule has 0 aromatic rings. The second-order valence-electron chi connectivity index (χ2n) is 12.0. The van der Waals surface area contributed by atoms with Crippen LogP contribution in [0.2, 0.25) is 0 Å². The minimum absolute atomic E-state index is 0.0432. The molecule has 8 aliphatic carbocycles. The van der Waals surface area contributed by atoms with Gasteiger partial charge >= 0.3 is 5.97 Å². The van der Waals surface area contributed by atoms with Crippen molar-refractivity contribution < 1.29 is 9.53 Å². The van der Waals surface area contributed by atoms with E-state index >= 15 is 0 Å². The number of hydrogen-bond acceptors (Lipinski definition) is 2. The summed E-state index contributed by atoms with van der Waals surface area (Å²) in [5.74, 6) is 15.2. The highest BCUT2D eigenvalue weighted by atomic mass is 16.5. The van der Waals surface area contributed by atoms with E-state index in [1.807, 2.05) is 0 Å². The number of rotatable bonds is 2. The zero-order valence-corrected chi connectivity index (χ0v) is 16.4. The van der Waals surface area contributed by atoms with Crippen molar-refractivity contribution in [3.63, 3.8) is 0 Å². The summed E-state index contributed by atoms with van der Waals surface area (Å²) in [5.41, 5.74) is 0. The molecule has 144 valence electrons. The summed E-state index contributed by atoms with van der Waals surface area (Å²) in [6.07, 6.45) is 13.4. The van der Waals surface area contributed by atoms with Gasteiger partial charge in [-0.15, -0.1) is 0 Å². The minimum atomic E-state index is 0.0432. The highest BCUT2D eigenvalue weighted by Crippen LogP contribution is 2.81. The first kappa shape index (κ1) is 15.1. The molecular weight excluding hydrogens is 332 g/mol. The molecule has 0 aromatic carbocycles. The Hall–Kier alpha value is -0.790. The number of esters is 1. The summed E-state index contributed by atoms with van der Waals surface area (Å²) >= 11 is 0. The van der Waals surface area contributed by atoms with Crippen LogP contribution in [-0.2, 0) is 9.53 Å². The highest BCUT2D eigenvalue weighted by Gasteiger charge is 2.75. The Bertz CT molecular complexity index is 755. The number of ether oxygens (including phenoxy) is 1. The Kier molecular flexibility index (Phi) is 2.62. The third-order valence-electron chi connectivity index (χ3n) is 12.0. The van der Waals surface area contributed by atoms with Gasteiger partial charge in [-0.05, 0) is 121 Å². The van der Waals surface area contributed by atoms with Crippen molar-refractivity contribution in [2.75, 3.05) is 7.11 Å². The van der Waals surface area contributed by atoms with Gasteiger partial charge in [0.2, 0.25) is 0 Å². The van der Waals surface area contributed by atoms with Crippen LogP contribution >= 0.6 is 0 Å². The summed E-state index contributed by atoms with van der Waals surface area (Å²) in [5, 5.41) is 0. The number of carbonyl (C=O) groups excluding carboxylic acids is 1. The van der Waals surface area contributed by atoms with E-state index < -0.39 is 0 Å². The third kappa shape index (κ3) is 1.53. The number of hydrogen-bond donors (Lipinski definition) is 0. The predicted molar refractivity (Wildman–Crippen MR) is 101 cm³/mol. The normalized spacial score (nSPS) is 67.2. The van der Waals surface area contributed by atoms with Gasteiger partial charge in [0.15, 0.2) is 0 Å². The molecule has 27 heavy (non-hydrogen) atoms. The molecule has 7 saturated carbocycles. The quantitative estimate of drug-likeness (QED) is 0.412. The second kappa shape index (κ2) is 4.68. The van der Waals surface area contributed by atoms with E-state index in [1.54, 1.807) is 20.0 Å². The molecule has 0 aromatic heterocycles.